The van der Waals surface area contributed by atoms with Gasteiger partial charge >= 0.3 is 0 Å². The molecule has 21 heavy (non-hydrogen) atoms. The number of aromatic nitrogens is 3. The first kappa shape index (κ1) is 13.6. The quantitative estimate of drug-likeness (QED) is 0.793. The Hall–Kier alpha value is -2.36. The number of pyridine rings is 1. The maximum Gasteiger partial charge on any atom is 0.131 e. The number of imidazole rings is 1. The number of hydrogen-bond donors (Lipinski definition) is 1. The first-order valence-corrected chi connectivity index (χ1v) is 7.32. The van der Waals surface area contributed by atoms with Crippen LogP contribution in [0.15, 0.2) is 36.7 Å². The molecule has 4 nitrogen and oxygen atoms in total. The van der Waals surface area contributed by atoms with E-state index in [0.717, 1.165) is 40.2 Å². The van der Waals surface area contributed by atoms with Crippen LogP contribution in [0.3, 0.4) is 0 Å². The smallest absolute Gasteiger partial charge is 0.131 e. The van der Waals surface area contributed by atoms with Crippen LogP contribution in [0.25, 0.3) is 22.0 Å². The minimum atomic E-state index is 0.337. The van der Waals surface area contributed by atoms with Gasteiger partial charge < -0.3 is 10.3 Å². The molecule has 2 aromatic heterocycles. The predicted octanol–water partition coefficient (Wildman–Crippen LogP) is 3.82. The summed E-state index contributed by atoms with van der Waals surface area (Å²) < 4.78 is 2.09. The Labute approximate surface area is 124 Å². The number of nitrogens with two attached hydrogens (primary N) is 1. The third kappa shape index (κ3) is 2.17. The summed E-state index contributed by atoms with van der Waals surface area (Å²) in [7, 11) is 0. The number of hydrogen-bond acceptors (Lipinski definition) is 3. The van der Waals surface area contributed by atoms with Crippen molar-refractivity contribution >= 4 is 16.6 Å². The lowest BCUT2D eigenvalue weighted by Crippen LogP contribution is -2.06. The van der Waals surface area contributed by atoms with Crippen LogP contribution in [0.4, 0.5) is 5.82 Å². The van der Waals surface area contributed by atoms with E-state index in [1.54, 1.807) is 0 Å². The van der Waals surface area contributed by atoms with Gasteiger partial charge in [0.2, 0.25) is 0 Å². The lowest BCUT2D eigenvalue weighted by molar-refractivity contribution is 0.658. The molecule has 3 aromatic rings. The molecule has 2 N–H and O–H groups in total. The molecule has 0 atom stereocenters. The minimum absolute atomic E-state index is 0.337. The first-order chi connectivity index (χ1) is 10.1. The fourth-order valence-electron chi connectivity index (χ4n) is 2.76. The maximum atomic E-state index is 6.35. The SMILES string of the molecule is CCn1c(C(C)C)nc(-c2cncc3ccccc23)c1N. The van der Waals surface area contributed by atoms with Crippen molar-refractivity contribution in [2.75, 3.05) is 5.73 Å². The summed E-state index contributed by atoms with van der Waals surface area (Å²) in [6, 6.07) is 8.19. The zero-order chi connectivity index (χ0) is 15.0. The van der Waals surface area contributed by atoms with Crippen molar-refractivity contribution in [3.05, 3.63) is 42.5 Å². The molecule has 0 amide bonds. The summed E-state index contributed by atoms with van der Waals surface area (Å²) in [5, 5.41) is 2.24. The fourth-order valence-corrected chi connectivity index (χ4v) is 2.76. The average Bonchev–Trinajstić information content (AvgIpc) is 2.83. The Balaban J connectivity index is 2.29. The molecule has 0 saturated heterocycles. The van der Waals surface area contributed by atoms with Crippen LogP contribution in [0.5, 0.6) is 0 Å². The van der Waals surface area contributed by atoms with Crippen molar-refractivity contribution in [2.45, 2.75) is 33.2 Å². The zero-order valence-corrected chi connectivity index (χ0v) is 12.7. The van der Waals surface area contributed by atoms with Gasteiger partial charge in [0.15, 0.2) is 0 Å². The van der Waals surface area contributed by atoms with E-state index in [9.17, 15) is 0 Å². The monoisotopic (exact) mass is 280 g/mol. The lowest BCUT2D eigenvalue weighted by Gasteiger charge is -2.08. The highest BCUT2D eigenvalue weighted by molar-refractivity contribution is 5.96. The highest BCUT2D eigenvalue weighted by atomic mass is 15.1. The maximum absolute atomic E-state index is 6.35. The number of anilines is 1. The van der Waals surface area contributed by atoms with Gasteiger partial charge in [-0.15, -0.1) is 0 Å². The van der Waals surface area contributed by atoms with Crippen molar-refractivity contribution in [1.29, 1.82) is 0 Å². The first-order valence-electron chi connectivity index (χ1n) is 7.32. The van der Waals surface area contributed by atoms with Crippen molar-refractivity contribution in [3.8, 4) is 11.3 Å². The number of nitrogen functional groups attached to an aromatic ring is 1. The summed E-state index contributed by atoms with van der Waals surface area (Å²) in [5.41, 5.74) is 8.19. The summed E-state index contributed by atoms with van der Waals surface area (Å²) in [5.74, 6) is 2.08. The summed E-state index contributed by atoms with van der Waals surface area (Å²) in [6.45, 7) is 7.19. The minimum Gasteiger partial charge on any atom is -0.383 e. The van der Waals surface area contributed by atoms with Gasteiger partial charge in [0.1, 0.15) is 17.3 Å². The molecule has 0 radical (unpaired) electrons. The van der Waals surface area contributed by atoms with E-state index >= 15 is 0 Å². The Kier molecular flexibility index (Phi) is 3.37. The topological polar surface area (TPSA) is 56.7 Å². The zero-order valence-electron chi connectivity index (χ0n) is 12.7. The van der Waals surface area contributed by atoms with E-state index in [1.807, 2.05) is 24.5 Å². The molecule has 1 aromatic carbocycles. The molecule has 0 aliphatic carbocycles. The normalized spacial score (nSPS) is 11.4. The van der Waals surface area contributed by atoms with Crippen molar-refractivity contribution in [2.24, 2.45) is 0 Å². The van der Waals surface area contributed by atoms with Gasteiger partial charge in [-0.2, -0.15) is 0 Å². The summed E-state index contributed by atoms with van der Waals surface area (Å²) in [6.07, 6.45) is 3.72. The molecule has 108 valence electrons. The molecule has 0 unspecified atom stereocenters. The van der Waals surface area contributed by atoms with Gasteiger partial charge in [-0.3, -0.25) is 4.98 Å². The highest BCUT2D eigenvalue weighted by Crippen LogP contribution is 2.33. The standard InChI is InChI=1S/C17H20N4/c1-4-21-16(18)15(20-17(21)11(2)3)14-10-19-9-12-7-5-6-8-13(12)14/h5-11H,4,18H2,1-3H3. The Bertz CT molecular complexity index is 781. The van der Waals surface area contributed by atoms with E-state index in [1.165, 1.54) is 0 Å². The molecule has 4 heteroatoms. The Morgan fingerprint density at radius 3 is 2.62 bits per heavy atom. The third-order valence-electron chi connectivity index (χ3n) is 3.79. The van der Waals surface area contributed by atoms with E-state index < -0.39 is 0 Å². The van der Waals surface area contributed by atoms with E-state index in [2.05, 4.69) is 42.5 Å². The third-order valence-corrected chi connectivity index (χ3v) is 3.79. The highest BCUT2D eigenvalue weighted by Gasteiger charge is 2.18. The predicted molar refractivity (Wildman–Crippen MR) is 87.1 cm³/mol. The van der Waals surface area contributed by atoms with Crippen LogP contribution >= 0.6 is 0 Å². The second kappa shape index (κ2) is 5.20. The van der Waals surface area contributed by atoms with Gasteiger partial charge in [0.25, 0.3) is 0 Å². The summed E-state index contributed by atoms with van der Waals surface area (Å²) in [4.78, 5) is 9.13. The molecule has 0 saturated carbocycles. The van der Waals surface area contributed by atoms with Gasteiger partial charge in [0, 0.05) is 35.8 Å². The van der Waals surface area contributed by atoms with Crippen LogP contribution in [-0.2, 0) is 6.54 Å². The average molecular weight is 280 g/mol. The molecule has 0 fully saturated rings. The second-order valence-corrected chi connectivity index (χ2v) is 5.51. The molecule has 0 bridgehead atoms. The number of rotatable bonds is 3. The fraction of sp³-hybridized carbons (Fsp3) is 0.294. The second-order valence-electron chi connectivity index (χ2n) is 5.51. The summed E-state index contributed by atoms with van der Waals surface area (Å²) >= 11 is 0. The number of nitrogens with zero attached hydrogens (tertiary/aromatic N) is 3. The van der Waals surface area contributed by atoms with E-state index in [-0.39, 0.29) is 0 Å². The number of fused-ring (bicyclic) bond motifs is 1. The molecular weight excluding hydrogens is 260 g/mol. The van der Waals surface area contributed by atoms with Gasteiger partial charge in [0.05, 0.1) is 0 Å². The molecule has 0 aliphatic heterocycles. The van der Waals surface area contributed by atoms with Crippen molar-refractivity contribution in [3.63, 3.8) is 0 Å². The lowest BCUT2D eigenvalue weighted by atomic mass is 10.1. The van der Waals surface area contributed by atoms with Crippen LogP contribution in [0.1, 0.15) is 32.5 Å². The van der Waals surface area contributed by atoms with E-state index in [0.29, 0.717) is 5.92 Å². The molecule has 2 heterocycles. The van der Waals surface area contributed by atoms with Gasteiger partial charge in [-0.1, -0.05) is 38.1 Å². The van der Waals surface area contributed by atoms with Crippen molar-refractivity contribution < 1.29 is 0 Å². The van der Waals surface area contributed by atoms with Crippen molar-refractivity contribution in [1.82, 2.24) is 14.5 Å². The van der Waals surface area contributed by atoms with Gasteiger partial charge in [-0.05, 0) is 12.3 Å². The van der Waals surface area contributed by atoms with Crippen LogP contribution < -0.4 is 5.73 Å². The molecule has 0 spiro atoms. The largest absolute Gasteiger partial charge is 0.383 e. The molecule has 3 rings (SSSR count). The number of benzene rings is 1. The van der Waals surface area contributed by atoms with Gasteiger partial charge in [-0.25, -0.2) is 4.98 Å². The van der Waals surface area contributed by atoms with Crippen LogP contribution in [0.2, 0.25) is 0 Å². The van der Waals surface area contributed by atoms with Crippen LogP contribution in [-0.4, -0.2) is 14.5 Å². The molecular formula is C17H20N4. The molecule has 0 aliphatic rings. The van der Waals surface area contributed by atoms with Crippen LogP contribution in [0, 0.1) is 0 Å². The Morgan fingerprint density at radius 1 is 1.19 bits per heavy atom. The Morgan fingerprint density at radius 2 is 1.95 bits per heavy atom. The van der Waals surface area contributed by atoms with E-state index in [4.69, 9.17) is 10.7 Å².